The van der Waals surface area contributed by atoms with Gasteiger partial charge in [0.1, 0.15) is 6.61 Å². The first-order valence-corrected chi connectivity index (χ1v) is 5.67. The van der Waals surface area contributed by atoms with E-state index in [-0.39, 0.29) is 24.7 Å². The molecule has 6 heteroatoms. The summed E-state index contributed by atoms with van der Waals surface area (Å²) in [5, 5.41) is 8.62. The summed E-state index contributed by atoms with van der Waals surface area (Å²) >= 11 is 0. The van der Waals surface area contributed by atoms with Crippen molar-refractivity contribution in [3.8, 4) is 0 Å². The van der Waals surface area contributed by atoms with E-state index in [2.05, 4.69) is 0 Å². The average Bonchev–Trinajstić information content (AvgIpc) is 2.23. The zero-order valence-corrected chi connectivity index (χ0v) is 10.4. The molecule has 1 aliphatic rings. The minimum atomic E-state index is -1.07. The number of rotatable bonds is 4. The monoisotopic (exact) mass is 245 g/mol. The Morgan fingerprint density at radius 1 is 1.41 bits per heavy atom. The van der Waals surface area contributed by atoms with Gasteiger partial charge in [0.25, 0.3) is 0 Å². The molecule has 1 rings (SSSR count). The number of carboxylic acid groups (broad SMARTS) is 1. The minimum Gasteiger partial charge on any atom is -0.479 e. The third-order valence-electron chi connectivity index (χ3n) is 2.58. The fraction of sp³-hybridized carbons (Fsp3) is 0.818. The van der Waals surface area contributed by atoms with Crippen LogP contribution in [-0.4, -0.2) is 59.9 Å². The molecule has 1 saturated heterocycles. The van der Waals surface area contributed by atoms with Crippen molar-refractivity contribution in [2.45, 2.75) is 39.1 Å². The molecule has 1 heterocycles. The van der Waals surface area contributed by atoms with Gasteiger partial charge in [0, 0.05) is 13.1 Å². The number of nitrogens with zero attached hydrogens (tertiary/aromatic N) is 1. The van der Waals surface area contributed by atoms with Gasteiger partial charge in [0.05, 0.1) is 12.2 Å². The maximum absolute atomic E-state index is 11.8. The van der Waals surface area contributed by atoms with Gasteiger partial charge in [-0.2, -0.15) is 0 Å². The Bertz CT molecular complexity index is 284. The standard InChI is InChI=1S/C11H19NO5/c1-7-4-12(5-8(2)17-7)10(13)6-16-9(3)11(14)15/h7-9H,4-6H2,1-3H3,(H,14,15)/t7?,8?,9-/m0/s1. The molecule has 0 bridgehead atoms. The average molecular weight is 245 g/mol. The molecule has 3 atom stereocenters. The van der Waals surface area contributed by atoms with Crippen LogP contribution in [0, 0.1) is 0 Å². The van der Waals surface area contributed by atoms with Crippen molar-refractivity contribution in [1.29, 1.82) is 0 Å². The molecule has 0 aromatic rings. The van der Waals surface area contributed by atoms with Gasteiger partial charge < -0.3 is 19.5 Å². The van der Waals surface area contributed by atoms with Gasteiger partial charge in [-0.15, -0.1) is 0 Å². The fourth-order valence-electron chi connectivity index (χ4n) is 1.74. The highest BCUT2D eigenvalue weighted by Crippen LogP contribution is 2.10. The number of carboxylic acids is 1. The number of hydrogen-bond donors (Lipinski definition) is 1. The summed E-state index contributed by atoms with van der Waals surface area (Å²) in [5.41, 5.74) is 0. The van der Waals surface area contributed by atoms with Crippen molar-refractivity contribution in [3.63, 3.8) is 0 Å². The first-order chi connectivity index (χ1) is 7.90. The maximum Gasteiger partial charge on any atom is 0.332 e. The van der Waals surface area contributed by atoms with Crippen molar-refractivity contribution in [3.05, 3.63) is 0 Å². The van der Waals surface area contributed by atoms with Gasteiger partial charge in [-0.05, 0) is 20.8 Å². The van der Waals surface area contributed by atoms with Gasteiger partial charge in [0.2, 0.25) is 5.91 Å². The van der Waals surface area contributed by atoms with Crippen LogP contribution in [0.3, 0.4) is 0 Å². The van der Waals surface area contributed by atoms with Crippen molar-refractivity contribution in [2.75, 3.05) is 19.7 Å². The SMILES string of the molecule is CC1CN(C(=O)CO[C@@H](C)C(=O)O)CC(C)O1. The summed E-state index contributed by atoms with van der Waals surface area (Å²) in [7, 11) is 0. The van der Waals surface area contributed by atoms with Crippen LogP contribution in [-0.2, 0) is 19.1 Å². The summed E-state index contributed by atoms with van der Waals surface area (Å²) in [6, 6.07) is 0. The third kappa shape index (κ3) is 4.32. The molecule has 2 unspecified atom stereocenters. The van der Waals surface area contributed by atoms with Crippen LogP contribution in [0.2, 0.25) is 0 Å². The molecular weight excluding hydrogens is 226 g/mol. The molecule has 0 aliphatic carbocycles. The molecule has 1 N–H and O–H groups in total. The zero-order valence-electron chi connectivity index (χ0n) is 10.4. The fourth-order valence-corrected chi connectivity index (χ4v) is 1.74. The van der Waals surface area contributed by atoms with E-state index in [1.165, 1.54) is 6.92 Å². The number of aliphatic carboxylic acids is 1. The lowest BCUT2D eigenvalue weighted by Gasteiger charge is -2.35. The van der Waals surface area contributed by atoms with Gasteiger partial charge in [0.15, 0.2) is 6.10 Å². The number of carbonyl (C=O) groups excluding carboxylic acids is 1. The molecule has 0 spiro atoms. The molecule has 1 fully saturated rings. The lowest BCUT2D eigenvalue weighted by Crippen LogP contribution is -2.49. The lowest BCUT2D eigenvalue weighted by atomic mass is 10.2. The molecule has 1 aliphatic heterocycles. The molecule has 0 saturated carbocycles. The molecule has 0 aromatic carbocycles. The molecule has 0 radical (unpaired) electrons. The first-order valence-electron chi connectivity index (χ1n) is 5.67. The van der Waals surface area contributed by atoms with Crippen molar-refractivity contribution in [2.24, 2.45) is 0 Å². The number of carbonyl (C=O) groups is 2. The molecule has 0 aromatic heterocycles. The Balaban J connectivity index is 2.39. The molecule has 6 nitrogen and oxygen atoms in total. The van der Waals surface area contributed by atoms with Crippen molar-refractivity contribution < 1.29 is 24.2 Å². The maximum atomic E-state index is 11.8. The highest BCUT2D eigenvalue weighted by molar-refractivity contribution is 5.78. The van der Waals surface area contributed by atoms with E-state index < -0.39 is 12.1 Å². The Hall–Kier alpha value is -1.14. The number of hydrogen-bond acceptors (Lipinski definition) is 4. The number of morpholine rings is 1. The Morgan fingerprint density at radius 3 is 2.41 bits per heavy atom. The summed E-state index contributed by atoms with van der Waals surface area (Å²) in [4.78, 5) is 23.9. The van der Waals surface area contributed by atoms with Gasteiger partial charge in [-0.25, -0.2) is 4.79 Å². The van der Waals surface area contributed by atoms with Crippen molar-refractivity contribution in [1.82, 2.24) is 4.90 Å². The second-order valence-electron chi connectivity index (χ2n) is 4.35. The number of amides is 1. The predicted molar refractivity (Wildman–Crippen MR) is 59.6 cm³/mol. The second kappa shape index (κ2) is 5.97. The second-order valence-corrected chi connectivity index (χ2v) is 4.35. The van der Waals surface area contributed by atoms with Crippen LogP contribution in [0.4, 0.5) is 0 Å². The van der Waals surface area contributed by atoms with Gasteiger partial charge in [-0.1, -0.05) is 0 Å². The topological polar surface area (TPSA) is 76.1 Å². The smallest absolute Gasteiger partial charge is 0.332 e. The highest BCUT2D eigenvalue weighted by Gasteiger charge is 2.26. The molecular formula is C11H19NO5. The van der Waals surface area contributed by atoms with E-state index in [1.807, 2.05) is 13.8 Å². The summed E-state index contributed by atoms with van der Waals surface area (Å²) in [6.45, 7) is 6.04. The Labute approximate surface area is 100 Å². The van der Waals surface area contributed by atoms with Crippen LogP contribution < -0.4 is 0 Å². The Morgan fingerprint density at radius 2 is 1.94 bits per heavy atom. The first kappa shape index (κ1) is 13.9. The van der Waals surface area contributed by atoms with Crippen LogP contribution in [0.1, 0.15) is 20.8 Å². The van der Waals surface area contributed by atoms with E-state index in [9.17, 15) is 9.59 Å². The van der Waals surface area contributed by atoms with Crippen LogP contribution >= 0.6 is 0 Å². The van der Waals surface area contributed by atoms with E-state index in [1.54, 1.807) is 4.90 Å². The largest absolute Gasteiger partial charge is 0.479 e. The molecule has 98 valence electrons. The quantitative estimate of drug-likeness (QED) is 0.761. The van der Waals surface area contributed by atoms with Crippen molar-refractivity contribution >= 4 is 11.9 Å². The van der Waals surface area contributed by atoms with Gasteiger partial charge >= 0.3 is 5.97 Å². The summed E-state index contributed by atoms with van der Waals surface area (Å²) in [6.07, 6.45) is -0.964. The van der Waals surface area contributed by atoms with Gasteiger partial charge in [-0.3, -0.25) is 4.79 Å². The van der Waals surface area contributed by atoms with E-state index in [4.69, 9.17) is 14.6 Å². The molecule has 17 heavy (non-hydrogen) atoms. The minimum absolute atomic E-state index is 0.000373. The number of ether oxygens (including phenoxy) is 2. The highest BCUT2D eigenvalue weighted by atomic mass is 16.5. The van der Waals surface area contributed by atoms with Crippen LogP contribution in [0.5, 0.6) is 0 Å². The summed E-state index contributed by atoms with van der Waals surface area (Å²) in [5.74, 6) is -1.26. The van der Waals surface area contributed by atoms with E-state index in [0.29, 0.717) is 13.1 Å². The summed E-state index contributed by atoms with van der Waals surface area (Å²) < 4.78 is 10.5. The lowest BCUT2D eigenvalue weighted by molar-refractivity contribution is -0.157. The predicted octanol–water partition coefficient (Wildman–Crippen LogP) is 0.112. The normalized spacial score (nSPS) is 26.6. The van der Waals surface area contributed by atoms with E-state index in [0.717, 1.165) is 0 Å². The Kier molecular flexibility index (Phi) is 4.89. The van der Waals surface area contributed by atoms with Crippen LogP contribution in [0.15, 0.2) is 0 Å². The van der Waals surface area contributed by atoms with Crippen LogP contribution in [0.25, 0.3) is 0 Å². The zero-order chi connectivity index (χ0) is 13.0. The third-order valence-corrected chi connectivity index (χ3v) is 2.58. The van der Waals surface area contributed by atoms with E-state index >= 15 is 0 Å². The molecule has 1 amide bonds.